The van der Waals surface area contributed by atoms with Crippen LogP contribution in [-0.2, 0) is 6.42 Å². The number of phenols is 1. The van der Waals surface area contributed by atoms with E-state index in [2.05, 4.69) is 15.9 Å². The van der Waals surface area contributed by atoms with Crippen LogP contribution in [0.15, 0.2) is 16.6 Å². The topological polar surface area (TPSA) is 49.7 Å². The van der Waals surface area contributed by atoms with E-state index >= 15 is 0 Å². The summed E-state index contributed by atoms with van der Waals surface area (Å²) in [5.41, 5.74) is 1.02. The van der Waals surface area contributed by atoms with Crippen molar-refractivity contribution in [2.75, 3.05) is 13.7 Å². The van der Waals surface area contributed by atoms with E-state index in [-0.39, 0.29) is 12.4 Å². The molecule has 14 heavy (non-hydrogen) atoms. The number of halogens is 1. The van der Waals surface area contributed by atoms with Gasteiger partial charge in [0.1, 0.15) is 0 Å². The van der Waals surface area contributed by atoms with E-state index in [1.165, 1.54) is 7.11 Å². The van der Waals surface area contributed by atoms with Crippen LogP contribution in [0.4, 0.5) is 0 Å². The zero-order valence-electron chi connectivity index (χ0n) is 7.96. The molecule has 0 bridgehead atoms. The Labute approximate surface area is 91.5 Å². The first-order chi connectivity index (χ1) is 6.69. The number of ether oxygens (including phenoxy) is 1. The summed E-state index contributed by atoms with van der Waals surface area (Å²) in [7, 11) is 1.51. The molecule has 0 atom stereocenters. The molecule has 3 nitrogen and oxygen atoms in total. The molecule has 0 spiro atoms. The Morgan fingerprint density at radius 1 is 1.43 bits per heavy atom. The summed E-state index contributed by atoms with van der Waals surface area (Å²) in [6, 6.07) is 3.38. The number of aryl methyl sites for hydroxylation is 1. The first-order valence-corrected chi connectivity index (χ1v) is 5.14. The highest BCUT2D eigenvalue weighted by Crippen LogP contribution is 2.32. The third kappa shape index (κ3) is 2.62. The van der Waals surface area contributed by atoms with Crippen LogP contribution in [0.25, 0.3) is 0 Å². The molecule has 0 aliphatic rings. The zero-order valence-corrected chi connectivity index (χ0v) is 9.54. The maximum atomic E-state index is 9.44. The van der Waals surface area contributed by atoms with E-state index in [9.17, 15) is 5.11 Å². The Morgan fingerprint density at radius 3 is 2.71 bits per heavy atom. The van der Waals surface area contributed by atoms with Crippen molar-refractivity contribution in [2.24, 2.45) is 0 Å². The molecule has 0 fully saturated rings. The number of methoxy groups -OCH3 is 1. The molecule has 78 valence electrons. The van der Waals surface area contributed by atoms with Gasteiger partial charge in [-0.25, -0.2) is 0 Å². The molecule has 0 amide bonds. The van der Waals surface area contributed by atoms with E-state index in [0.29, 0.717) is 12.2 Å². The Morgan fingerprint density at radius 2 is 2.14 bits per heavy atom. The van der Waals surface area contributed by atoms with Crippen LogP contribution in [0.3, 0.4) is 0 Å². The summed E-state index contributed by atoms with van der Waals surface area (Å²) in [6.07, 6.45) is 1.46. The molecular weight excluding hydrogens is 248 g/mol. The second-order valence-corrected chi connectivity index (χ2v) is 3.80. The van der Waals surface area contributed by atoms with Gasteiger partial charge in [-0.1, -0.05) is 15.9 Å². The van der Waals surface area contributed by atoms with Crippen LogP contribution in [0.1, 0.15) is 12.0 Å². The first-order valence-electron chi connectivity index (χ1n) is 4.35. The Bertz CT molecular complexity index is 312. The van der Waals surface area contributed by atoms with Crippen LogP contribution in [0.2, 0.25) is 0 Å². The predicted octanol–water partition coefficient (Wildman–Crippen LogP) is 2.09. The standard InChI is InChI=1S/C10H13BrO3/c1-14-10-5-7(3-2-4-12)8(11)6-9(10)13/h5-6,12-13H,2-4H2,1H3. The van der Waals surface area contributed by atoms with Gasteiger partial charge in [-0.3, -0.25) is 0 Å². The van der Waals surface area contributed by atoms with Crippen molar-refractivity contribution in [1.82, 2.24) is 0 Å². The lowest BCUT2D eigenvalue weighted by Crippen LogP contribution is -1.93. The van der Waals surface area contributed by atoms with Gasteiger partial charge in [0.15, 0.2) is 11.5 Å². The van der Waals surface area contributed by atoms with E-state index in [1.54, 1.807) is 12.1 Å². The molecule has 0 aromatic heterocycles. The minimum absolute atomic E-state index is 0.118. The predicted molar refractivity (Wildman–Crippen MR) is 57.8 cm³/mol. The molecule has 0 aliphatic heterocycles. The number of aliphatic hydroxyl groups is 1. The third-order valence-electron chi connectivity index (χ3n) is 1.95. The van der Waals surface area contributed by atoms with Crippen LogP contribution < -0.4 is 4.74 Å². The van der Waals surface area contributed by atoms with E-state index in [0.717, 1.165) is 16.5 Å². The van der Waals surface area contributed by atoms with Gasteiger partial charge < -0.3 is 14.9 Å². The van der Waals surface area contributed by atoms with Crippen molar-refractivity contribution in [3.8, 4) is 11.5 Å². The number of benzene rings is 1. The maximum absolute atomic E-state index is 9.44. The summed E-state index contributed by atoms with van der Waals surface area (Å²) < 4.78 is 5.82. The summed E-state index contributed by atoms with van der Waals surface area (Å²) >= 11 is 3.34. The number of hydrogen-bond acceptors (Lipinski definition) is 3. The second kappa shape index (κ2) is 5.22. The van der Waals surface area contributed by atoms with Gasteiger partial charge in [-0.15, -0.1) is 0 Å². The number of aromatic hydroxyl groups is 1. The number of aliphatic hydroxyl groups excluding tert-OH is 1. The normalized spacial score (nSPS) is 10.2. The highest BCUT2D eigenvalue weighted by Gasteiger charge is 2.07. The Kier molecular flexibility index (Phi) is 4.22. The average Bonchev–Trinajstić information content (AvgIpc) is 2.17. The van der Waals surface area contributed by atoms with Crippen LogP contribution >= 0.6 is 15.9 Å². The van der Waals surface area contributed by atoms with Crippen molar-refractivity contribution < 1.29 is 14.9 Å². The monoisotopic (exact) mass is 260 g/mol. The van der Waals surface area contributed by atoms with Crippen molar-refractivity contribution in [3.63, 3.8) is 0 Å². The molecule has 0 unspecified atom stereocenters. The van der Waals surface area contributed by atoms with Gasteiger partial charge in [-0.2, -0.15) is 0 Å². The molecule has 1 aromatic rings. The summed E-state index contributed by atoms with van der Waals surface area (Å²) in [5, 5.41) is 18.1. The van der Waals surface area contributed by atoms with E-state index in [4.69, 9.17) is 9.84 Å². The fraction of sp³-hybridized carbons (Fsp3) is 0.400. The van der Waals surface area contributed by atoms with E-state index in [1.807, 2.05) is 0 Å². The van der Waals surface area contributed by atoms with Gasteiger partial charge in [0.25, 0.3) is 0 Å². The molecule has 0 saturated heterocycles. The van der Waals surface area contributed by atoms with Crippen molar-refractivity contribution in [1.29, 1.82) is 0 Å². The van der Waals surface area contributed by atoms with Gasteiger partial charge in [0.05, 0.1) is 7.11 Å². The van der Waals surface area contributed by atoms with Gasteiger partial charge >= 0.3 is 0 Å². The zero-order chi connectivity index (χ0) is 10.6. The molecule has 2 N–H and O–H groups in total. The fourth-order valence-electron chi connectivity index (χ4n) is 1.21. The number of hydrogen-bond donors (Lipinski definition) is 2. The lowest BCUT2D eigenvalue weighted by molar-refractivity contribution is 0.288. The van der Waals surface area contributed by atoms with Crippen LogP contribution in [-0.4, -0.2) is 23.9 Å². The lowest BCUT2D eigenvalue weighted by atomic mass is 10.1. The Hall–Kier alpha value is -0.740. The van der Waals surface area contributed by atoms with Crippen molar-refractivity contribution in [3.05, 3.63) is 22.2 Å². The molecule has 1 aromatic carbocycles. The van der Waals surface area contributed by atoms with Gasteiger partial charge in [0.2, 0.25) is 0 Å². The number of phenolic OH excluding ortho intramolecular Hbond substituents is 1. The third-order valence-corrected chi connectivity index (χ3v) is 2.69. The summed E-state index contributed by atoms with van der Waals surface area (Å²) in [5.74, 6) is 0.577. The Balaban J connectivity index is 2.92. The molecule has 1 rings (SSSR count). The molecule has 4 heteroatoms. The molecule has 0 heterocycles. The number of rotatable bonds is 4. The van der Waals surface area contributed by atoms with Gasteiger partial charge in [0, 0.05) is 11.1 Å². The summed E-state index contributed by atoms with van der Waals surface area (Å²) in [6.45, 7) is 0.162. The van der Waals surface area contributed by atoms with E-state index < -0.39 is 0 Å². The minimum Gasteiger partial charge on any atom is -0.504 e. The van der Waals surface area contributed by atoms with Crippen LogP contribution in [0, 0.1) is 0 Å². The second-order valence-electron chi connectivity index (χ2n) is 2.94. The highest BCUT2D eigenvalue weighted by molar-refractivity contribution is 9.10. The first kappa shape index (κ1) is 11.3. The minimum atomic E-state index is 0.118. The SMILES string of the molecule is COc1cc(CCCO)c(Br)cc1O. The van der Waals surface area contributed by atoms with Crippen LogP contribution in [0.5, 0.6) is 11.5 Å². The highest BCUT2D eigenvalue weighted by atomic mass is 79.9. The average molecular weight is 261 g/mol. The maximum Gasteiger partial charge on any atom is 0.160 e. The quantitative estimate of drug-likeness (QED) is 0.872. The van der Waals surface area contributed by atoms with Crippen molar-refractivity contribution in [2.45, 2.75) is 12.8 Å². The fourth-order valence-corrected chi connectivity index (χ4v) is 1.74. The summed E-state index contributed by atoms with van der Waals surface area (Å²) in [4.78, 5) is 0. The smallest absolute Gasteiger partial charge is 0.160 e. The molecule has 0 radical (unpaired) electrons. The van der Waals surface area contributed by atoms with Crippen molar-refractivity contribution >= 4 is 15.9 Å². The molecular formula is C10H13BrO3. The largest absolute Gasteiger partial charge is 0.504 e. The molecule has 0 aliphatic carbocycles. The molecule has 0 saturated carbocycles. The lowest BCUT2D eigenvalue weighted by Gasteiger charge is -2.08. The van der Waals surface area contributed by atoms with Gasteiger partial charge in [-0.05, 0) is 30.5 Å².